The SMILES string of the molecule is CCCCCCCC(CO)NC1CCCCC1. The predicted octanol–water partition coefficient (Wildman–Crippen LogP) is 3.63. The van der Waals surface area contributed by atoms with Gasteiger partial charge in [-0.1, -0.05) is 58.3 Å². The Morgan fingerprint density at radius 3 is 2.41 bits per heavy atom. The van der Waals surface area contributed by atoms with Gasteiger partial charge in [-0.25, -0.2) is 0 Å². The molecule has 0 saturated heterocycles. The molecule has 0 radical (unpaired) electrons. The summed E-state index contributed by atoms with van der Waals surface area (Å²) in [7, 11) is 0. The minimum atomic E-state index is 0.310. The molecule has 1 fully saturated rings. The third kappa shape index (κ3) is 7.05. The second-order valence-corrected chi connectivity index (χ2v) is 5.58. The summed E-state index contributed by atoms with van der Waals surface area (Å²) >= 11 is 0. The molecular weight excluding hydrogens is 210 g/mol. The molecule has 1 saturated carbocycles. The van der Waals surface area contributed by atoms with E-state index in [1.54, 1.807) is 0 Å². The van der Waals surface area contributed by atoms with E-state index in [0.717, 1.165) is 6.42 Å². The van der Waals surface area contributed by atoms with Gasteiger partial charge in [0.1, 0.15) is 0 Å². The zero-order chi connectivity index (χ0) is 12.3. The largest absolute Gasteiger partial charge is 0.395 e. The van der Waals surface area contributed by atoms with Gasteiger partial charge in [0.2, 0.25) is 0 Å². The molecule has 0 aromatic heterocycles. The summed E-state index contributed by atoms with van der Waals surface area (Å²) < 4.78 is 0. The molecule has 0 amide bonds. The maximum absolute atomic E-state index is 9.40. The lowest BCUT2D eigenvalue weighted by molar-refractivity contribution is 0.209. The topological polar surface area (TPSA) is 32.3 Å². The second-order valence-electron chi connectivity index (χ2n) is 5.58. The molecule has 1 aliphatic rings. The molecule has 0 spiro atoms. The van der Waals surface area contributed by atoms with Crippen LogP contribution in [-0.4, -0.2) is 23.8 Å². The van der Waals surface area contributed by atoms with Gasteiger partial charge in [-0.15, -0.1) is 0 Å². The highest BCUT2D eigenvalue weighted by Gasteiger charge is 2.16. The standard InChI is InChI=1S/C15H31NO/c1-2-3-4-5-7-12-15(13-17)16-14-10-8-6-9-11-14/h14-17H,2-13H2,1H3. The van der Waals surface area contributed by atoms with Crippen LogP contribution in [0.5, 0.6) is 0 Å². The summed E-state index contributed by atoms with van der Waals surface area (Å²) in [6, 6.07) is 1.02. The number of rotatable bonds is 9. The van der Waals surface area contributed by atoms with E-state index >= 15 is 0 Å². The van der Waals surface area contributed by atoms with Gasteiger partial charge in [-0.3, -0.25) is 0 Å². The molecule has 0 heterocycles. The fourth-order valence-electron chi connectivity index (χ4n) is 2.82. The van der Waals surface area contributed by atoms with Gasteiger partial charge in [0, 0.05) is 12.1 Å². The van der Waals surface area contributed by atoms with E-state index in [9.17, 15) is 5.11 Å². The summed E-state index contributed by atoms with van der Waals surface area (Å²) in [6.07, 6.45) is 14.5. The number of nitrogens with one attached hydrogen (secondary N) is 1. The third-order valence-corrected chi connectivity index (χ3v) is 3.95. The zero-order valence-corrected chi connectivity index (χ0v) is 11.6. The van der Waals surface area contributed by atoms with Crippen LogP contribution in [0.3, 0.4) is 0 Å². The van der Waals surface area contributed by atoms with Crippen LogP contribution in [0.15, 0.2) is 0 Å². The van der Waals surface area contributed by atoms with Crippen molar-refractivity contribution in [3.05, 3.63) is 0 Å². The lowest BCUT2D eigenvalue weighted by Gasteiger charge is -2.27. The van der Waals surface area contributed by atoms with E-state index in [1.165, 1.54) is 64.2 Å². The Balaban J connectivity index is 2.05. The Kier molecular flexibility index (Phi) is 8.72. The zero-order valence-electron chi connectivity index (χ0n) is 11.6. The number of aliphatic hydroxyl groups excluding tert-OH is 1. The quantitative estimate of drug-likeness (QED) is 0.604. The minimum absolute atomic E-state index is 0.310. The maximum atomic E-state index is 9.40. The molecule has 17 heavy (non-hydrogen) atoms. The average Bonchev–Trinajstić information content (AvgIpc) is 2.38. The molecule has 2 heteroatoms. The first-order valence-corrected chi connectivity index (χ1v) is 7.73. The smallest absolute Gasteiger partial charge is 0.0584 e. The van der Waals surface area contributed by atoms with Crippen LogP contribution in [0.1, 0.15) is 77.6 Å². The van der Waals surface area contributed by atoms with E-state index in [-0.39, 0.29) is 0 Å². The van der Waals surface area contributed by atoms with Crippen molar-refractivity contribution in [3.63, 3.8) is 0 Å². The third-order valence-electron chi connectivity index (χ3n) is 3.95. The summed E-state index contributed by atoms with van der Waals surface area (Å²) in [5.41, 5.74) is 0. The van der Waals surface area contributed by atoms with Crippen LogP contribution in [0.4, 0.5) is 0 Å². The van der Waals surface area contributed by atoms with Crippen molar-refractivity contribution in [1.29, 1.82) is 0 Å². The lowest BCUT2D eigenvalue weighted by Crippen LogP contribution is -2.41. The summed E-state index contributed by atoms with van der Waals surface area (Å²) in [4.78, 5) is 0. The normalized spacial score (nSPS) is 19.4. The van der Waals surface area contributed by atoms with E-state index < -0.39 is 0 Å². The first-order valence-electron chi connectivity index (χ1n) is 7.73. The fraction of sp³-hybridized carbons (Fsp3) is 1.00. The molecule has 1 aliphatic carbocycles. The maximum Gasteiger partial charge on any atom is 0.0584 e. The molecular formula is C15H31NO. The Morgan fingerprint density at radius 2 is 1.76 bits per heavy atom. The van der Waals surface area contributed by atoms with E-state index in [0.29, 0.717) is 18.7 Å². The molecule has 2 nitrogen and oxygen atoms in total. The molecule has 0 bridgehead atoms. The van der Waals surface area contributed by atoms with Gasteiger partial charge in [-0.2, -0.15) is 0 Å². The first-order chi connectivity index (χ1) is 8.36. The highest BCUT2D eigenvalue weighted by molar-refractivity contribution is 4.77. The summed E-state index contributed by atoms with van der Waals surface area (Å²) in [5, 5.41) is 13.0. The van der Waals surface area contributed by atoms with Crippen LogP contribution < -0.4 is 5.32 Å². The van der Waals surface area contributed by atoms with E-state index in [4.69, 9.17) is 0 Å². The van der Waals surface area contributed by atoms with Gasteiger partial charge < -0.3 is 10.4 Å². The molecule has 1 unspecified atom stereocenters. The highest BCUT2D eigenvalue weighted by atomic mass is 16.3. The average molecular weight is 241 g/mol. The van der Waals surface area contributed by atoms with E-state index in [1.807, 2.05) is 0 Å². The summed E-state index contributed by atoms with van der Waals surface area (Å²) in [5.74, 6) is 0. The molecule has 0 aromatic carbocycles. The fourth-order valence-corrected chi connectivity index (χ4v) is 2.82. The van der Waals surface area contributed by atoms with Crippen LogP contribution in [-0.2, 0) is 0 Å². The van der Waals surface area contributed by atoms with E-state index in [2.05, 4.69) is 12.2 Å². The number of aliphatic hydroxyl groups is 1. The van der Waals surface area contributed by atoms with Crippen molar-refractivity contribution >= 4 is 0 Å². The van der Waals surface area contributed by atoms with Crippen molar-refractivity contribution < 1.29 is 5.11 Å². The lowest BCUT2D eigenvalue weighted by atomic mass is 9.94. The Morgan fingerprint density at radius 1 is 1.06 bits per heavy atom. The van der Waals surface area contributed by atoms with Gasteiger partial charge in [-0.05, 0) is 19.3 Å². The van der Waals surface area contributed by atoms with Crippen LogP contribution in [0, 0.1) is 0 Å². The van der Waals surface area contributed by atoms with Crippen LogP contribution >= 0.6 is 0 Å². The van der Waals surface area contributed by atoms with Crippen LogP contribution in [0.25, 0.3) is 0 Å². The van der Waals surface area contributed by atoms with Crippen molar-refractivity contribution in [3.8, 4) is 0 Å². The molecule has 1 rings (SSSR count). The predicted molar refractivity (Wildman–Crippen MR) is 74.3 cm³/mol. The number of hydrogen-bond donors (Lipinski definition) is 2. The second kappa shape index (κ2) is 9.90. The minimum Gasteiger partial charge on any atom is -0.395 e. The summed E-state index contributed by atoms with van der Waals surface area (Å²) in [6.45, 7) is 2.56. The van der Waals surface area contributed by atoms with Crippen molar-refractivity contribution in [2.75, 3.05) is 6.61 Å². The molecule has 1 atom stereocenters. The molecule has 0 aromatic rings. The molecule has 102 valence electrons. The van der Waals surface area contributed by atoms with Gasteiger partial charge >= 0.3 is 0 Å². The molecule has 2 N–H and O–H groups in total. The highest BCUT2D eigenvalue weighted by Crippen LogP contribution is 2.18. The Bertz CT molecular complexity index is 166. The first kappa shape index (κ1) is 15.0. The van der Waals surface area contributed by atoms with Crippen molar-refractivity contribution in [2.24, 2.45) is 0 Å². The molecule has 0 aliphatic heterocycles. The Labute approximate surface area is 107 Å². The number of hydrogen-bond acceptors (Lipinski definition) is 2. The monoisotopic (exact) mass is 241 g/mol. The number of unbranched alkanes of at least 4 members (excludes halogenated alkanes) is 4. The van der Waals surface area contributed by atoms with Gasteiger partial charge in [0.05, 0.1) is 6.61 Å². The van der Waals surface area contributed by atoms with Crippen molar-refractivity contribution in [2.45, 2.75) is 89.6 Å². The van der Waals surface area contributed by atoms with Crippen molar-refractivity contribution in [1.82, 2.24) is 5.32 Å². The Hall–Kier alpha value is -0.0800. The van der Waals surface area contributed by atoms with Crippen LogP contribution in [0.2, 0.25) is 0 Å². The van der Waals surface area contributed by atoms with Gasteiger partial charge in [0.25, 0.3) is 0 Å². The van der Waals surface area contributed by atoms with Gasteiger partial charge in [0.15, 0.2) is 0 Å².